The Balaban J connectivity index is 1.77. The summed E-state index contributed by atoms with van der Waals surface area (Å²) in [4.78, 5) is 0. The third-order valence-corrected chi connectivity index (χ3v) is 4.89. The number of aliphatic hydroxyl groups excluding tert-OH is 4. The minimum absolute atomic E-state index is 0.490. The van der Waals surface area contributed by atoms with Crippen LogP contribution in [-0.4, -0.2) is 57.7 Å². The summed E-state index contributed by atoms with van der Waals surface area (Å²) in [7, 11) is 0. The van der Waals surface area contributed by atoms with Gasteiger partial charge in [0.15, 0.2) is 0 Å². The van der Waals surface area contributed by atoms with Gasteiger partial charge in [0.2, 0.25) is 6.29 Å². The van der Waals surface area contributed by atoms with Crippen molar-refractivity contribution in [1.29, 1.82) is 0 Å². The average Bonchev–Trinajstić information content (AvgIpc) is 2.70. The van der Waals surface area contributed by atoms with Crippen LogP contribution in [0.25, 0.3) is 0 Å². The number of para-hydroxylation sites is 1. The fourth-order valence-corrected chi connectivity index (χ4v) is 3.17. The summed E-state index contributed by atoms with van der Waals surface area (Å²) >= 11 is 0. The van der Waals surface area contributed by atoms with Crippen LogP contribution in [0.15, 0.2) is 48.5 Å². The molecule has 0 amide bonds. The molecule has 1 aliphatic heterocycles. The van der Waals surface area contributed by atoms with E-state index in [9.17, 15) is 20.4 Å². The molecule has 2 aromatic carbocycles. The van der Waals surface area contributed by atoms with Gasteiger partial charge >= 0.3 is 0 Å². The van der Waals surface area contributed by atoms with Crippen LogP contribution in [0.2, 0.25) is 0 Å². The molecule has 0 bridgehead atoms. The van der Waals surface area contributed by atoms with Crippen molar-refractivity contribution in [1.82, 2.24) is 0 Å². The SMILES string of the molecule is CCc1ccc(Cc2ccccc2O[C@@H]2O[C@H](CO)[C@@H](O)[C@H](O)[C@H]2O)cc1. The first-order valence-electron chi connectivity index (χ1n) is 9.16. The Labute approximate surface area is 158 Å². The second-order valence-corrected chi connectivity index (χ2v) is 6.77. The first kappa shape index (κ1) is 19.8. The maximum atomic E-state index is 10.2. The lowest BCUT2D eigenvalue weighted by atomic mass is 9.99. The van der Waals surface area contributed by atoms with Gasteiger partial charge in [0.1, 0.15) is 30.2 Å². The molecule has 1 aliphatic rings. The fourth-order valence-electron chi connectivity index (χ4n) is 3.17. The second-order valence-electron chi connectivity index (χ2n) is 6.77. The van der Waals surface area contributed by atoms with Gasteiger partial charge in [0, 0.05) is 6.42 Å². The summed E-state index contributed by atoms with van der Waals surface area (Å²) in [5, 5.41) is 39.3. The van der Waals surface area contributed by atoms with E-state index >= 15 is 0 Å². The monoisotopic (exact) mass is 374 g/mol. The maximum absolute atomic E-state index is 10.2. The van der Waals surface area contributed by atoms with Crippen molar-refractivity contribution in [2.24, 2.45) is 0 Å². The largest absolute Gasteiger partial charge is 0.462 e. The summed E-state index contributed by atoms with van der Waals surface area (Å²) in [5.74, 6) is 0.515. The predicted octanol–water partition coefficient (Wildman–Crippen LogP) is 1.02. The predicted molar refractivity (Wildman–Crippen MR) is 99.5 cm³/mol. The first-order valence-corrected chi connectivity index (χ1v) is 9.16. The van der Waals surface area contributed by atoms with Gasteiger partial charge in [0.25, 0.3) is 0 Å². The van der Waals surface area contributed by atoms with Crippen LogP contribution in [-0.2, 0) is 17.6 Å². The van der Waals surface area contributed by atoms with Crippen LogP contribution in [0.5, 0.6) is 5.75 Å². The number of benzene rings is 2. The molecule has 0 aromatic heterocycles. The zero-order chi connectivity index (χ0) is 19.4. The molecule has 0 unspecified atom stereocenters. The summed E-state index contributed by atoms with van der Waals surface area (Å²) in [6, 6.07) is 15.7. The molecule has 5 atom stereocenters. The van der Waals surface area contributed by atoms with Gasteiger partial charge < -0.3 is 29.9 Å². The van der Waals surface area contributed by atoms with Crippen molar-refractivity contribution in [2.75, 3.05) is 6.61 Å². The number of aryl methyl sites for hydroxylation is 1. The highest BCUT2D eigenvalue weighted by Crippen LogP contribution is 2.28. The zero-order valence-electron chi connectivity index (χ0n) is 15.2. The van der Waals surface area contributed by atoms with Crippen LogP contribution >= 0.6 is 0 Å². The number of hydrogen-bond acceptors (Lipinski definition) is 6. The molecule has 27 heavy (non-hydrogen) atoms. The molecule has 6 nitrogen and oxygen atoms in total. The second kappa shape index (κ2) is 8.82. The lowest BCUT2D eigenvalue weighted by Gasteiger charge is -2.39. The molecule has 1 heterocycles. The highest BCUT2D eigenvalue weighted by Gasteiger charge is 2.44. The highest BCUT2D eigenvalue weighted by molar-refractivity contribution is 5.38. The molecule has 3 rings (SSSR count). The van der Waals surface area contributed by atoms with Crippen molar-refractivity contribution >= 4 is 0 Å². The number of hydrogen-bond donors (Lipinski definition) is 4. The van der Waals surface area contributed by atoms with Crippen LogP contribution < -0.4 is 4.74 Å². The Morgan fingerprint density at radius 1 is 0.889 bits per heavy atom. The third kappa shape index (κ3) is 4.48. The van der Waals surface area contributed by atoms with Crippen molar-refractivity contribution < 1.29 is 29.9 Å². The lowest BCUT2D eigenvalue weighted by Crippen LogP contribution is -2.60. The summed E-state index contributed by atoms with van der Waals surface area (Å²) < 4.78 is 11.2. The minimum Gasteiger partial charge on any atom is -0.462 e. The van der Waals surface area contributed by atoms with Crippen LogP contribution in [0.3, 0.4) is 0 Å². The number of aliphatic hydroxyl groups is 4. The van der Waals surface area contributed by atoms with Crippen LogP contribution in [0.1, 0.15) is 23.6 Å². The molecule has 146 valence electrons. The summed E-state index contributed by atoms with van der Waals surface area (Å²) in [6.45, 7) is 1.62. The molecule has 1 saturated heterocycles. The highest BCUT2D eigenvalue weighted by atomic mass is 16.7. The third-order valence-electron chi connectivity index (χ3n) is 4.89. The molecule has 2 aromatic rings. The van der Waals surface area contributed by atoms with E-state index in [-0.39, 0.29) is 0 Å². The maximum Gasteiger partial charge on any atom is 0.229 e. The quantitative estimate of drug-likeness (QED) is 0.603. The Morgan fingerprint density at radius 2 is 1.56 bits per heavy atom. The van der Waals surface area contributed by atoms with Gasteiger partial charge in [-0.3, -0.25) is 0 Å². The number of rotatable bonds is 6. The van der Waals surface area contributed by atoms with E-state index < -0.39 is 37.3 Å². The molecule has 0 aliphatic carbocycles. The van der Waals surface area contributed by atoms with Crippen molar-refractivity contribution in [3.63, 3.8) is 0 Å². The summed E-state index contributed by atoms with van der Waals surface area (Å²) in [6.07, 6.45) is -4.87. The molecule has 6 heteroatoms. The van der Waals surface area contributed by atoms with Crippen LogP contribution in [0, 0.1) is 0 Å². The van der Waals surface area contributed by atoms with E-state index in [0.29, 0.717) is 12.2 Å². The molecule has 0 radical (unpaired) electrons. The molecule has 0 spiro atoms. The molecule has 1 fully saturated rings. The smallest absolute Gasteiger partial charge is 0.229 e. The topological polar surface area (TPSA) is 99.4 Å². The first-order chi connectivity index (χ1) is 13.0. The van der Waals surface area contributed by atoms with Gasteiger partial charge in [-0.25, -0.2) is 0 Å². The summed E-state index contributed by atoms with van der Waals surface area (Å²) in [5.41, 5.74) is 3.29. The molecule has 0 saturated carbocycles. The average molecular weight is 374 g/mol. The van der Waals surface area contributed by atoms with E-state index in [1.54, 1.807) is 6.07 Å². The fraction of sp³-hybridized carbons (Fsp3) is 0.429. The van der Waals surface area contributed by atoms with Crippen molar-refractivity contribution in [3.05, 3.63) is 65.2 Å². The van der Waals surface area contributed by atoms with Crippen molar-refractivity contribution in [2.45, 2.75) is 50.5 Å². The van der Waals surface area contributed by atoms with E-state index in [0.717, 1.165) is 17.5 Å². The van der Waals surface area contributed by atoms with Gasteiger partial charge in [-0.15, -0.1) is 0 Å². The molecular weight excluding hydrogens is 348 g/mol. The normalized spacial score (nSPS) is 28.1. The Morgan fingerprint density at radius 3 is 2.22 bits per heavy atom. The van der Waals surface area contributed by atoms with Gasteiger partial charge in [-0.1, -0.05) is 49.4 Å². The van der Waals surface area contributed by atoms with E-state index in [2.05, 4.69) is 31.2 Å². The van der Waals surface area contributed by atoms with Crippen molar-refractivity contribution in [3.8, 4) is 5.75 Å². The van der Waals surface area contributed by atoms with Crippen LogP contribution in [0.4, 0.5) is 0 Å². The van der Waals surface area contributed by atoms with Gasteiger partial charge in [-0.05, 0) is 29.2 Å². The molecular formula is C21H26O6. The van der Waals surface area contributed by atoms with E-state index in [1.165, 1.54) is 5.56 Å². The zero-order valence-corrected chi connectivity index (χ0v) is 15.2. The van der Waals surface area contributed by atoms with Gasteiger partial charge in [-0.2, -0.15) is 0 Å². The Kier molecular flexibility index (Phi) is 6.46. The Hall–Kier alpha value is -1.96. The molecule has 4 N–H and O–H groups in total. The number of ether oxygens (including phenoxy) is 2. The van der Waals surface area contributed by atoms with E-state index in [1.807, 2.05) is 18.2 Å². The lowest BCUT2D eigenvalue weighted by molar-refractivity contribution is -0.277. The minimum atomic E-state index is -1.46. The van der Waals surface area contributed by atoms with Gasteiger partial charge in [0.05, 0.1) is 6.61 Å². The Bertz CT molecular complexity index is 730. The standard InChI is InChI=1S/C21H26O6/c1-2-13-7-9-14(10-8-13)11-15-5-3-4-6-16(15)26-21-20(25)19(24)18(23)17(12-22)27-21/h3-10,17-25H,2,11-12H2,1H3/t17-,18-,19+,20-,21-/m1/s1. The van der Waals surface area contributed by atoms with E-state index in [4.69, 9.17) is 9.47 Å².